The zero-order valence-corrected chi connectivity index (χ0v) is 10.4. The molecule has 0 atom stereocenters. The van der Waals surface area contributed by atoms with E-state index in [-0.39, 0.29) is 17.4 Å². The Bertz CT molecular complexity index is 635. The monoisotopic (exact) mass is 247 g/mol. The third-order valence-corrected chi connectivity index (χ3v) is 3.77. The Labute approximate surface area is 104 Å². The lowest BCUT2D eigenvalue weighted by Gasteiger charge is -2.21. The van der Waals surface area contributed by atoms with Crippen LogP contribution in [0.3, 0.4) is 0 Å². The zero-order valence-electron chi connectivity index (χ0n) is 10.4. The van der Waals surface area contributed by atoms with Gasteiger partial charge in [-0.3, -0.25) is 4.79 Å². The fourth-order valence-electron chi connectivity index (χ4n) is 2.91. The molecule has 2 N–H and O–H groups in total. The van der Waals surface area contributed by atoms with Crippen LogP contribution in [-0.4, -0.2) is 19.7 Å². The van der Waals surface area contributed by atoms with E-state index < -0.39 is 0 Å². The number of hydrogen-bond acceptors (Lipinski definition) is 3. The van der Waals surface area contributed by atoms with Gasteiger partial charge in [0, 0.05) is 6.07 Å². The Morgan fingerprint density at radius 1 is 1.39 bits per heavy atom. The molecular weight excluding hydrogens is 230 g/mol. The molecule has 1 aliphatic carbocycles. The molecule has 18 heavy (non-hydrogen) atoms. The van der Waals surface area contributed by atoms with Crippen LogP contribution in [0.15, 0.2) is 10.9 Å². The summed E-state index contributed by atoms with van der Waals surface area (Å²) in [6, 6.07) is 1.76. The summed E-state index contributed by atoms with van der Waals surface area (Å²) < 4.78 is 1.43. The predicted molar refractivity (Wildman–Crippen MR) is 68.0 cm³/mol. The first-order chi connectivity index (χ1) is 8.66. The van der Waals surface area contributed by atoms with Gasteiger partial charge in [-0.25, -0.2) is 0 Å². The van der Waals surface area contributed by atoms with Crippen molar-refractivity contribution in [1.29, 1.82) is 0 Å². The third-order valence-electron chi connectivity index (χ3n) is 3.77. The predicted octanol–water partition coefficient (Wildman–Crippen LogP) is 2.08. The lowest BCUT2D eigenvalue weighted by molar-refractivity contribution is 0.390. The average molecular weight is 247 g/mol. The van der Waals surface area contributed by atoms with Gasteiger partial charge in [0.25, 0.3) is 5.56 Å². The highest BCUT2D eigenvalue weighted by atomic mass is 16.3. The Kier molecular flexibility index (Phi) is 2.61. The second-order valence-corrected chi connectivity index (χ2v) is 5.11. The Balaban J connectivity index is 2.18. The minimum atomic E-state index is -0.174. The maximum Gasteiger partial charge on any atom is 0.258 e. The van der Waals surface area contributed by atoms with Gasteiger partial charge in [0.1, 0.15) is 5.65 Å². The fraction of sp³-hybridized carbons (Fsp3) is 0.538. The van der Waals surface area contributed by atoms with Gasteiger partial charge in [0.2, 0.25) is 5.88 Å². The van der Waals surface area contributed by atoms with Crippen LogP contribution in [0.2, 0.25) is 0 Å². The molecule has 0 spiro atoms. The van der Waals surface area contributed by atoms with E-state index in [0.717, 1.165) is 31.4 Å². The summed E-state index contributed by atoms with van der Waals surface area (Å²) in [4.78, 5) is 14.9. The highest BCUT2D eigenvalue weighted by Gasteiger charge is 2.24. The smallest absolute Gasteiger partial charge is 0.258 e. The van der Waals surface area contributed by atoms with E-state index in [1.165, 1.54) is 10.9 Å². The number of hydrogen-bond donors (Lipinski definition) is 2. The molecule has 0 unspecified atom stereocenters. The largest absolute Gasteiger partial charge is 0.493 e. The Hall–Kier alpha value is -1.78. The van der Waals surface area contributed by atoms with Crippen LogP contribution in [0.1, 0.15) is 49.3 Å². The lowest BCUT2D eigenvalue weighted by Crippen LogP contribution is -2.20. The average Bonchev–Trinajstić information content (AvgIpc) is 2.71. The molecule has 0 amide bonds. The van der Waals surface area contributed by atoms with Crippen molar-refractivity contribution in [3.8, 4) is 5.88 Å². The van der Waals surface area contributed by atoms with Crippen molar-refractivity contribution < 1.29 is 5.11 Å². The number of aromatic amines is 1. The molecule has 2 aromatic heterocycles. The first-order valence-corrected chi connectivity index (χ1v) is 6.48. The minimum absolute atomic E-state index is 0.00810. The van der Waals surface area contributed by atoms with Gasteiger partial charge in [-0.05, 0) is 25.7 Å². The number of aromatic nitrogens is 3. The standard InChI is InChI=1S/C13H17N3O2/c1-8-7-10-14-12(17)11(13(18)16(10)15-8)9-5-3-2-4-6-9/h7,9,18H,2-6H2,1H3,(H,14,17). The van der Waals surface area contributed by atoms with Gasteiger partial charge in [-0.15, -0.1) is 0 Å². The molecule has 5 heteroatoms. The Morgan fingerprint density at radius 2 is 2.11 bits per heavy atom. The van der Waals surface area contributed by atoms with Crippen LogP contribution in [0, 0.1) is 6.92 Å². The van der Waals surface area contributed by atoms with Gasteiger partial charge in [0.15, 0.2) is 0 Å². The highest BCUT2D eigenvalue weighted by molar-refractivity contribution is 5.44. The van der Waals surface area contributed by atoms with Gasteiger partial charge in [-0.1, -0.05) is 19.3 Å². The van der Waals surface area contributed by atoms with Gasteiger partial charge in [0.05, 0.1) is 11.3 Å². The summed E-state index contributed by atoms with van der Waals surface area (Å²) in [6.07, 6.45) is 5.42. The summed E-state index contributed by atoms with van der Waals surface area (Å²) in [5.74, 6) is 0.171. The molecule has 2 heterocycles. The number of nitrogens with zero attached hydrogens (tertiary/aromatic N) is 2. The second-order valence-electron chi connectivity index (χ2n) is 5.11. The third kappa shape index (κ3) is 1.70. The van der Waals surface area contributed by atoms with Crippen molar-refractivity contribution in [1.82, 2.24) is 14.6 Å². The fourth-order valence-corrected chi connectivity index (χ4v) is 2.91. The molecule has 0 aromatic carbocycles. The topological polar surface area (TPSA) is 70.4 Å². The van der Waals surface area contributed by atoms with E-state index in [2.05, 4.69) is 10.1 Å². The summed E-state index contributed by atoms with van der Waals surface area (Å²) in [5, 5.41) is 14.5. The van der Waals surface area contributed by atoms with E-state index in [1.54, 1.807) is 6.07 Å². The van der Waals surface area contributed by atoms with Crippen molar-refractivity contribution >= 4 is 5.65 Å². The highest BCUT2D eigenvalue weighted by Crippen LogP contribution is 2.34. The van der Waals surface area contributed by atoms with Crippen LogP contribution in [0.4, 0.5) is 0 Å². The van der Waals surface area contributed by atoms with Crippen LogP contribution in [0.5, 0.6) is 5.88 Å². The molecule has 1 fully saturated rings. The minimum Gasteiger partial charge on any atom is -0.493 e. The number of aryl methyl sites for hydroxylation is 1. The molecule has 96 valence electrons. The van der Waals surface area contributed by atoms with Gasteiger partial charge < -0.3 is 10.1 Å². The number of rotatable bonds is 1. The van der Waals surface area contributed by atoms with Crippen molar-refractivity contribution in [3.63, 3.8) is 0 Å². The van der Waals surface area contributed by atoms with Crippen molar-refractivity contribution in [2.45, 2.75) is 44.9 Å². The zero-order chi connectivity index (χ0) is 12.7. The summed E-state index contributed by atoms with van der Waals surface area (Å²) in [5.41, 5.74) is 1.66. The number of nitrogens with one attached hydrogen (secondary N) is 1. The van der Waals surface area contributed by atoms with Crippen molar-refractivity contribution in [2.75, 3.05) is 0 Å². The van der Waals surface area contributed by atoms with Crippen molar-refractivity contribution in [3.05, 3.63) is 27.7 Å². The van der Waals surface area contributed by atoms with Crippen LogP contribution in [0.25, 0.3) is 5.65 Å². The van der Waals surface area contributed by atoms with Crippen LogP contribution in [-0.2, 0) is 0 Å². The van der Waals surface area contributed by atoms with E-state index in [4.69, 9.17) is 0 Å². The molecule has 0 bridgehead atoms. The maximum atomic E-state index is 12.1. The van der Waals surface area contributed by atoms with Crippen LogP contribution < -0.4 is 5.56 Å². The summed E-state index contributed by atoms with van der Waals surface area (Å²) in [7, 11) is 0. The molecule has 0 radical (unpaired) electrons. The lowest BCUT2D eigenvalue weighted by atomic mass is 9.85. The molecular formula is C13H17N3O2. The molecule has 2 aromatic rings. The normalized spacial score (nSPS) is 17.4. The van der Waals surface area contributed by atoms with E-state index in [1.807, 2.05) is 6.92 Å². The first-order valence-electron chi connectivity index (χ1n) is 6.48. The molecule has 0 aliphatic heterocycles. The molecule has 5 nitrogen and oxygen atoms in total. The summed E-state index contributed by atoms with van der Waals surface area (Å²) >= 11 is 0. The maximum absolute atomic E-state index is 12.1. The molecule has 1 aliphatic rings. The first kappa shape index (κ1) is 11.3. The van der Waals surface area contributed by atoms with E-state index in [9.17, 15) is 9.90 Å². The van der Waals surface area contributed by atoms with E-state index in [0.29, 0.717) is 11.2 Å². The SMILES string of the molecule is Cc1cc2[nH]c(=O)c(C3CCCCC3)c(O)n2n1. The number of fused-ring (bicyclic) bond motifs is 1. The van der Waals surface area contributed by atoms with Crippen molar-refractivity contribution in [2.24, 2.45) is 0 Å². The number of H-pyrrole nitrogens is 1. The summed E-state index contributed by atoms with van der Waals surface area (Å²) in [6.45, 7) is 1.84. The molecule has 0 saturated heterocycles. The molecule has 1 saturated carbocycles. The Morgan fingerprint density at radius 3 is 2.83 bits per heavy atom. The van der Waals surface area contributed by atoms with Gasteiger partial charge in [-0.2, -0.15) is 9.61 Å². The van der Waals surface area contributed by atoms with Crippen LogP contribution >= 0.6 is 0 Å². The second kappa shape index (κ2) is 4.15. The quantitative estimate of drug-likeness (QED) is 0.810. The number of aromatic hydroxyl groups is 1. The van der Waals surface area contributed by atoms with E-state index >= 15 is 0 Å². The van der Waals surface area contributed by atoms with Gasteiger partial charge >= 0.3 is 0 Å². The molecule has 3 rings (SSSR count).